The van der Waals surface area contributed by atoms with Crippen LogP contribution in [0.5, 0.6) is 0 Å². The van der Waals surface area contributed by atoms with E-state index in [0.29, 0.717) is 26.3 Å². The minimum atomic E-state index is -0.975. The minimum Gasteiger partial charge on any atom is -0.449 e. The van der Waals surface area contributed by atoms with Gasteiger partial charge in [0.1, 0.15) is 0 Å². The molecule has 1 atom stereocenters. The average Bonchev–Trinajstić information content (AvgIpc) is 2.54. The molecule has 25 heavy (non-hydrogen) atoms. The summed E-state index contributed by atoms with van der Waals surface area (Å²) in [6, 6.07) is 11.6. The number of rotatable bonds is 5. The summed E-state index contributed by atoms with van der Waals surface area (Å²) in [6.07, 6.45) is 1.71. The van der Waals surface area contributed by atoms with E-state index in [2.05, 4.69) is 5.32 Å². The third kappa shape index (κ3) is 6.09. The van der Waals surface area contributed by atoms with E-state index >= 15 is 0 Å². The van der Waals surface area contributed by atoms with Crippen LogP contribution >= 0.6 is 34.8 Å². The molecule has 7 heteroatoms. The van der Waals surface area contributed by atoms with Crippen LogP contribution in [0.1, 0.15) is 12.5 Å². The maximum Gasteiger partial charge on any atom is 0.331 e. The van der Waals surface area contributed by atoms with E-state index in [-0.39, 0.29) is 0 Å². The van der Waals surface area contributed by atoms with E-state index in [1.165, 1.54) is 19.1 Å². The summed E-state index contributed by atoms with van der Waals surface area (Å²) in [5.74, 6) is -1.13. The van der Waals surface area contributed by atoms with E-state index in [4.69, 9.17) is 39.5 Å². The summed E-state index contributed by atoms with van der Waals surface area (Å²) >= 11 is 17.7. The number of benzene rings is 2. The second-order valence-corrected chi connectivity index (χ2v) is 6.36. The van der Waals surface area contributed by atoms with Gasteiger partial charge in [0.25, 0.3) is 5.91 Å². The number of nitrogens with one attached hydrogen (secondary N) is 1. The van der Waals surface area contributed by atoms with Crippen molar-refractivity contribution in [2.45, 2.75) is 13.0 Å². The van der Waals surface area contributed by atoms with Crippen molar-refractivity contribution in [1.29, 1.82) is 0 Å². The average molecular weight is 399 g/mol. The molecule has 0 aliphatic heterocycles. The van der Waals surface area contributed by atoms with Gasteiger partial charge in [-0.3, -0.25) is 4.79 Å². The third-order valence-corrected chi connectivity index (χ3v) is 3.91. The zero-order valence-electron chi connectivity index (χ0n) is 13.1. The molecule has 0 aliphatic rings. The van der Waals surface area contributed by atoms with E-state index in [9.17, 15) is 9.59 Å². The quantitative estimate of drug-likeness (QED) is 0.554. The van der Waals surface area contributed by atoms with Crippen LogP contribution in [0.2, 0.25) is 15.1 Å². The number of halogens is 3. The van der Waals surface area contributed by atoms with Crippen molar-refractivity contribution in [2.24, 2.45) is 0 Å². The van der Waals surface area contributed by atoms with Crippen LogP contribution in [0.15, 0.2) is 48.5 Å². The Bertz CT molecular complexity index is 821. The Hall–Kier alpha value is -2.01. The molecule has 4 nitrogen and oxygen atoms in total. The second kappa shape index (κ2) is 8.90. The lowest BCUT2D eigenvalue weighted by molar-refractivity contribution is -0.148. The Balaban J connectivity index is 1.92. The van der Waals surface area contributed by atoms with Gasteiger partial charge in [-0.25, -0.2) is 4.79 Å². The third-order valence-electron chi connectivity index (χ3n) is 3.12. The van der Waals surface area contributed by atoms with Gasteiger partial charge in [0.2, 0.25) is 0 Å². The molecule has 0 radical (unpaired) electrons. The molecule has 0 unspecified atom stereocenters. The summed E-state index contributed by atoms with van der Waals surface area (Å²) in [4.78, 5) is 23.9. The van der Waals surface area contributed by atoms with Crippen molar-refractivity contribution in [1.82, 2.24) is 0 Å². The van der Waals surface area contributed by atoms with E-state index in [0.717, 1.165) is 0 Å². The van der Waals surface area contributed by atoms with Crippen LogP contribution in [0.3, 0.4) is 0 Å². The van der Waals surface area contributed by atoms with E-state index in [1.807, 2.05) is 0 Å². The van der Waals surface area contributed by atoms with Crippen LogP contribution in [0, 0.1) is 0 Å². The molecule has 0 aromatic heterocycles. The summed E-state index contributed by atoms with van der Waals surface area (Å²) in [7, 11) is 0. The first kappa shape index (κ1) is 19.3. The van der Waals surface area contributed by atoms with E-state index in [1.54, 1.807) is 42.5 Å². The molecule has 1 N–H and O–H groups in total. The highest BCUT2D eigenvalue weighted by molar-refractivity contribution is 6.35. The summed E-state index contributed by atoms with van der Waals surface area (Å²) in [6.45, 7) is 1.47. The number of amides is 1. The maximum absolute atomic E-state index is 12.0. The van der Waals surface area contributed by atoms with Gasteiger partial charge in [0.05, 0.1) is 0 Å². The molecular weight excluding hydrogens is 385 g/mol. The first-order chi connectivity index (χ1) is 11.8. The van der Waals surface area contributed by atoms with Crippen LogP contribution < -0.4 is 5.32 Å². The largest absolute Gasteiger partial charge is 0.449 e. The Morgan fingerprint density at radius 1 is 1.08 bits per heavy atom. The second-order valence-electron chi connectivity index (χ2n) is 5.08. The maximum atomic E-state index is 12.0. The molecule has 0 heterocycles. The van der Waals surface area contributed by atoms with Gasteiger partial charge in [-0.05, 0) is 48.9 Å². The van der Waals surface area contributed by atoms with Gasteiger partial charge in [-0.1, -0.05) is 46.9 Å². The summed E-state index contributed by atoms with van der Waals surface area (Å²) in [5.41, 5.74) is 1.13. The Morgan fingerprint density at radius 2 is 1.80 bits per heavy atom. The zero-order valence-corrected chi connectivity index (χ0v) is 15.4. The highest BCUT2D eigenvalue weighted by atomic mass is 35.5. The van der Waals surface area contributed by atoms with Gasteiger partial charge in [-0.2, -0.15) is 0 Å². The monoisotopic (exact) mass is 397 g/mol. The highest BCUT2D eigenvalue weighted by Gasteiger charge is 2.16. The van der Waals surface area contributed by atoms with Gasteiger partial charge in [0, 0.05) is 26.8 Å². The normalized spacial score (nSPS) is 12.0. The molecule has 2 aromatic rings. The number of ether oxygens (including phenoxy) is 1. The highest BCUT2D eigenvalue weighted by Crippen LogP contribution is 2.22. The van der Waals surface area contributed by atoms with Crippen molar-refractivity contribution in [3.8, 4) is 0 Å². The standard InChI is InChI=1S/C18H14Cl3NO3/c1-11(18(24)22-15-4-2-3-13(19)9-15)25-17(23)8-6-12-5-7-14(20)10-16(12)21/h2-11H,1H3,(H,22,24)/b8-6+/t11-/m1/s1. The Labute approximate surface area is 160 Å². The Kier molecular flexibility index (Phi) is 6.88. The minimum absolute atomic E-state index is 0.406. The fourth-order valence-electron chi connectivity index (χ4n) is 1.87. The predicted octanol–water partition coefficient (Wildman–Crippen LogP) is 5.23. The molecular formula is C18H14Cl3NO3. The smallest absolute Gasteiger partial charge is 0.331 e. The Morgan fingerprint density at radius 3 is 2.48 bits per heavy atom. The molecule has 130 valence electrons. The van der Waals surface area contributed by atoms with Crippen LogP contribution in [0.25, 0.3) is 6.08 Å². The fourth-order valence-corrected chi connectivity index (χ4v) is 2.53. The molecule has 2 aromatic carbocycles. The molecule has 0 saturated heterocycles. The number of carbonyl (C=O) groups is 2. The van der Waals surface area contributed by atoms with E-state index < -0.39 is 18.0 Å². The zero-order chi connectivity index (χ0) is 18.4. The van der Waals surface area contributed by atoms with Gasteiger partial charge in [-0.15, -0.1) is 0 Å². The van der Waals surface area contributed by atoms with Gasteiger partial charge < -0.3 is 10.1 Å². The van der Waals surface area contributed by atoms with Crippen molar-refractivity contribution in [2.75, 3.05) is 5.32 Å². The summed E-state index contributed by atoms with van der Waals surface area (Å²) < 4.78 is 5.06. The first-order valence-electron chi connectivity index (χ1n) is 7.25. The molecule has 0 saturated carbocycles. The summed E-state index contributed by atoms with van der Waals surface area (Å²) in [5, 5.41) is 4.01. The fraction of sp³-hybridized carbons (Fsp3) is 0.111. The molecule has 1 amide bonds. The predicted molar refractivity (Wildman–Crippen MR) is 101 cm³/mol. The number of esters is 1. The van der Waals surface area contributed by atoms with Crippen LogP contribution in [-0.2, 0) is 14.3 Å². The number of hydrogen-bond acceptors (Lipinski definition) is 3. The molecule has 0 bridgehead atoms. The molecule has 2 rings (SSSR count). The molecule has 0 fully saturated rings. The van der Waals surface area contributed by atoms with Crippen molar-refractivity contribution >= 4 is 58.4 Å². The van der Waals surface area contributed by atoms with Crippen LogP contribution in [-0.4, -0.2) is 18.0 Å². The van der Waals surface area contributed by atoms with Crippen molar-refractivity contribution in [3.63, 3.8) is 0 Å². The molecule has 0 aliphatic carbocycles. The van der Waals surface area contributed by atoms with Crippen molar-refractivity contribution < 1.29 is 14.3 Å². The van der Waals surface area contributed by atoms with Crippen LogP contribution in [0.4, 0.5) is 5.69 Å². The number of carbonyl (C=O) groups excluding carboxylic acids is 2. The lowest BCUT2D eigenvalue weighted by atomic mass is 10.2. The lowest BCUT2D eigenvalue weighted by Crippen LogP contribution is -2.29. The number of anilines is 1. The van der Waals surface area contributed by atoms with Gasteiger partial charge in [0.15, 0.2) is 6.10 Å². The SMILES string of the molecule is C[C@@H](OC(=O)/C=C/c1ccc(Cl)cc1Cl)C(=O)Nc1cccc(Cl)c1. The van der Waals surface area contributed by atoms with Crippen molar-refractivity contribution in [3.05, 3.63) is 69.2 Å². The topological polar surface area (TPSA) is 55.4 Å². The number of hydrogen-bond donors (Lipinski definition) is 1. The lowest BCUT2D eigenvalue weighted by Gasteiger charge is -2.12. The first-order valence-corrected chi connectivity index (χ1v) is 8.39. The van der Waals surface area contributed by atoms with Gasteiger partial charge >= 0.3 is 5.97 Å². The molecule has 0 spiro atoms.